The average molecular weight is 566 g/mol. The Bertz CT molecular complexity index is 1620. The van der Waals surface area contributed by atoms with Crippen LogP contribution in [0.15, 0.2) is 47.7 Å². The third kappa shape index (κ3) is 3.26. The molecule has 0 bridgehead atoms. The van der Waals surface area contributed by atoms with Gasteiger partial charge in [0.25, 0.3) is 0 Å². The van der Waals surface area contributed by atoms with Crippen LogP contribution in [0.2, 0.25) is 0 Å². The van der Waals surface area contributed by atoms with Gasteiger partial charge >= 0.3 is 205 Å². The van der Waals surface area contributed by atoms with Crippen LogP contribution in [-0.4, -0.2) is 39.0 Å². The number of aromatic nitrogens is 2. The molecule has 0 saturated carbocycles. The van der Waals surface area contributed by atoms with E-state index >= 15 is 0 Å². The van der Waals surface area contributed by atoms with Gasteiger partial charge < -0.3 is 0 Å². The van der Waals surface area contributed by atoms with Crippen molar-refractivity contribution >= 4 is 78.8 Å². The first kappa shape index (κ1) is 20.8. The van der Waals surface area contributed by atoms with Crippen LogP contribution in [0, 0.1) is 5.92 Å². The normalized spacial score (nSPS) is 12.4. The first-order valence-corrected chi connectivity index (χ1v) is 15.5. The summed E-state index contributed by atoms with van der Waals surface area (Å²) in [4.78, 5) is 12.0. The van der Waals surface area contributed by atoms with Gasteiger partial charge in [-0.05, 0) is 0 Å². The van der Waals surface area contributed by atoms with Crippen molar-refractivity contribution in [1.82, 2.24) is 9.97 Å². The third-order valence-corrected chi connectivity index (χ3v) is 12.8. The second kappa shape index (κ2) is 7.94. The molecule has 0 fully saturated rings. The second-order valence-corrected chi connectivity index (χ2v) is 15.7. The Balaban J connectivity index is 1.64. The van der Waals surface area contributed by atoms with E-state index in [0.717, 1.165) is 17.6 Å². The second-order valence-electron chi connectivity index (χ2n) is 9.21. The van der Waals surface area contributed by atoms with E-state index in [1.165, 1.54) is 42.2 Å². The molecule has 32 heavy (non-hydrogen) atoms. The van der Waals surface area contributed by atoms with E-state index in [1.54, 1.807) is 13.7 Å². The maximum atomic E-state index is 4.84. The molecule has 0 amide bonds. The monoisotopic (exact) mass is 568 g/mol. The van der Waals surface area contributed by atoms with Gasteiger partial charge in [-0.3, -0.25) is 0 Å². The van der Waals surface area contributed by atoms with Crippen molar-refractivity contribution in [2.24, 2.45) is 5.92 Å². The zero-order valence-electron chi connectivity index (χ0n) is 18.6. The zero-order valence-corrected chi connectivity index (χ0v) is 22.8. The Morgan fingerprint density at radius 2 is 1.84 bits per heavy atom. The maximum absolute atomic E-state index is 4.84. The number of hydrogen-bond donors (Lipinski definition) is 0. The summed E-state index contributed by atoms with van der Waals surface area (Å²) in [5.74, 6) is 1.12. The molecular formula is C27H24N2SSe2. The number of thiophene rings is 1. The standard InChI is InChI=1S/C27H24N2SSe2/c1-14(2)10-16-6-5-7-19-24-26(30-25(16)19)23(28-13-29-24)17-11-20(15(3)4)22-18-8-9-31-27(18)32-21(22)12-17/h5-9,11-15H,10H2,1-4H3. The average Bonchev–Trinajstić information content (AvgIpc) is 3.45. The van der Waals surface area contributed by atoms with Gasteiger partial charge in [-0.25, -0.2) is 0 Å². The molecular weight excluding hydrogens is 542 g/mol. The topological polar surface area (TPSA) is 25.8 Å². The van der Waals surface area contributed by atoms with Gasteiger partial charge in [0.1, 0.15) is 0 Å². The predicted molar refractivity (Wildman–Crippen MR) is 142 cm³/mol. The van der Waals surface area contributed by atoms with Crippen molar-refractivity contribution in [2.45, 2.75) is 40.0 Å². The summed E-state index contributed by atoms with van der Waals surface area (Å²) >= 11 is 2.87. The first-order chi connectivity index (χ1) is 15.5. The van der Waals surface area contributed by atoms with Crippen LogP contribution in [0.4, 0.5) is 0 Å². The van der Waals surface area contributed by atoms with E-state index < -0.39 is 0 Å². The van der Waals surface area contributed by atoms with Crippen molar-refractivity contribution in [3.8, 4) is 11.3 Å². The Hall–Kier alpha value is -1.74. The summed E-state index contributed by atoms with van der Waals surface area (Å²) in [6.07, 6.45) is 2.86. The van der Waals surface area contributed by atoms with E-state index in [9.17, 15) is 0 Å². The summed E-state index contributed by atoms with van der Waals surface area (Å²) in [5, 5.41) is 4.33. The molecule has 0 saturated heterocycles. The molecule has 6 rings (SSSR count). The quantitative estimate of drug-likeness (QED) is 0.210. The minimum absolute atomic E-state index is 0.449. The molecule has 0 N–H and O–H groups in total. The Kier molecular flexibility index (Phi) is 5.17. The molecule has 2 nitrogen and oxygen atoms in total. The number of rotatable bonds is 4. The molecule has 0 unspecified atom stereocenters. The fraction of sp³-hybridized carbons (Fsp3) is 0.259. The van der Waals surface area contributed by atoms with Gasteiger partial charge in [0, 0.05) is 0 Å². The van der Waals surface area contributed by atoms with Gasteiger partial charge in [-0.1, -0.05) is 0 Å². The Labute approximate surface area is 203 Å². The van der Waals surface area contributed by atoms with Crippen molar-refractivity contribution in [3.63, 3.8) is 0 Å². The number of hydrogen-bond acceptors (Lipinski definition) is 3. The van der Waals surface area contributed by atoms with Gasteiger partial charge in [0.05, 0.1) is 0 Å². The van der Waals surface area contributed by atoms with Crippen LogP contribution in [0.25, 0.3) is 49.7 Å². The summed E-state index contributed by atoms with van der Waals surface area (Å²) in [6.45, 7) is 9.22. The molecule has 0 spiro atoms. The first-order valence-electron chi connectivity index (χ1n) is 11.1. The number of fused-ring (bicyclic) bond motifs is 6. The van der Waals surface area contributed by atoms with Crippen molar-refractivity contribution in [1.29, 1.82) is 0 Å². The molecule has 4 heterocycles. The molecule has 6 aromatic rings. The molecule has 2 aromatic carbocycles. The van der Waals surface area contributed by atoms with Crippen LogP contribution in [0.3, 0.4) is 0 Å². The molecule has 5 heteroatoms. The van der Waals surface area contributed by atoms with E-state index in [4.69, 9.17) is 9.97 Å². The summed E-state index contributed by atoms with van der Waals surface area (Å²) in [5.41, 5.74) is 6.36. The Morgan fingerprint density at radius 3 is 2.66 bits per heavy atom. The van der Waals surface area contributed by atoms with Gasteiger partial charge in [0.2, 0.25) is 0 Å². The van der Waals surface area contributed by atoms with Gasteiger partial charge in [-0.2, -0.15) is 0 Å². The molecule has 0 radical (unpaired) electrons. The van der Waals surface area contributed by atoms with Crippen LogP contribution in [0.5, 0.6) is 0 Å². The van der Waals surface area contributed by atoms with Gasteiger partial charge in [-0.15, -0.1) is 0 Å². The van der Waals surface area contributed by atoms with Crippen molar-refractivity contribution in [2.75, 3.05) is 0 Å². The molecule has 0 aliphatic heterocycles. The SMILES string of the molecule is CC(C)Cc1cccc2c1sc1c(-c3cc(C(C)C)c4c(c3)[se]c3[se]ccc34)ncnc12. The summed E-state index contributed by atoms with van der Waals surface area (Å²) < 4.78 is 5.85. The number of nitrogens with zero attached hydrogens (tertiary/aromatic N) is 2. The fourth-order valence-corrected chi connectivity index (χ4v) is 11.6. The third-order valence-electron chi connectivity index (χ3n) is 6.12. The fourth-order valence-electron chi connectivity index (χ4n) is 4.72. The van der Waals surface area contributed by atoms with Crippen LogP contribution < -0.4 is 0 Å². The van der Waals surface area contributed by atoms with Crippen LogP contribution >= 0.6 is 11.3 Å². The number of benzene rings is 2. The molecule has 4 aromatic heterocycles. The van der Waals surface area contributed by atoms with E-state index in [0.29, 0.717) is 40.8 Å². The summed E-state index contributed by atoms with van der Waals surface area (Å²) in [7, 11) is 0. The van der Waals surface area contributed by atoms with Crippen LogP contribution in [-0.2, 0) is 6.42 Å². The van der Waals surface area contributed by atoms with Crippen molar-refractivity contribution < 1.29 is 0 Å². The van der Waals surface area contributed by atoms with E-state index in [1.807, 2.05) is 11.3 Å². The summed E-state index contributed by atoms with van der Waals surface area (Å²) in [6, 6.07) is 13.9. The Morgan fingerprint density at radius 1 is 0.969 bits per heavy atom. The van der Waals surface area contributed by atoms with E-state index in [-0.39, 0.29) is 0 Å². The molecule has 0 atom stereocenters. The minimum atomic E-state index is 0.449. The molecule has 0 aliphatic carbocycles. The predicted octanol–water partition coefficient (Wildman–Crippen LogP) is 7.25. The zero-order chi connectivity index (χ0) is 22.0. The molecule has 0 aliphatic rings. The molecule has 160 valence electrons. The van der Waals surface area contributed by atoms with E-state index in [2.05, 4.69) is 69.0 Å². The van der Waals surface area contributed by atoms with Crippen LogP contribution in [0.1, 0.15) is 44.7 Å². The van der Waals surface area contributed by atoms with Crippen molar-refractivity contribution in [3.05, 3.63) is 58.8 Å². The van der Waals surface area contributed by atoms with Gasteiger partial charge in [0.15, 0.2) is 0 Å².